The van der Waals surface area contributed by atoms with Gasteiger partial charge in [-0.1, -0.05) is 24.3 Å². The normalized spacial score (nSPS) is 23.2. The number of carbonyl (C=O) groups is 2. The molecule has 2 aliphatic rings. The van der Waals surface area contributed by atoms with Crippen LogP contribution in [0.5, 0.6) is 5.75 Å². The molecule has 2 fully saturated rings. The Balaban J connectivity index is 1.51. The number of hydrogen-bond donors (Lipinski definition) is 0. The molecule has 0 saturated carbocycles. The van der Waals surface area contributed by atoms with Crippen molar-refractivity contribution < 1.29 is 19.2 Å². The van der Waals surface area contributed by atoms with Crippen LogP contribution in [0.3, 0.4) is 0 Å². The quantitative estimate of drug-likeness (QED) is 0.579. The van der Waals surface area contributed by atoms with E-state index in [0.717, 1.165) is 10.6 Å². The molecule has 0 N–H and O–H groups in total. The zero-order valence-electron chi connectivity index (χ0n) is 16.3. The zero-order chi connectivity index (χ0) is 20.7. The Morgan fingerprint density at radius 3 is 2.37 bits per heavy atom. The fourth-order valence-corrected chi connectivity index (χ4v) is 4.93. The van der Waals surface area contributed by atoms with Gasteiger partial charge >= 0.3 is 0 Å². The number of benzene rings is 2. The van der Waals surface area contributed by atoms with E-state index in [-0.39, 0.29) is 17.9 Å². The van der Waals surface area contributed by atoms with Crippen LogP contribution in [0.25, 0.3) is 0 Å². The largest absolute Gasteiger partial charge is 0.494 e. The maximum atomic E-state index is 13.5. The molecule has 6 nitrogen and oxygen atoms in total. The van der Waals surface area contributed by atoms with Gasteiger partial charge in [-0.05, 0) is 54.8 Å². The summed E-state index contributed by atoms with van der Waals surface area (Å²) in [5.41, 5.74) is 1.35. The van der Waals surface area contributed by atoms with Gasteiger partial charge in [0, 0.05) is 4.88 Å². The molecule has 2 saturated heterocycles. The molecular weight excluding hydrogens is 400 g/mol. The summed E-state index contributed by atoms with van der Waals surface area (Å²) in [5, 5.41) is 3.68. The smallest absolute Gasteiger partial charge is 0.266 e. The van der Waals surface area contributed by atoms with Gasteiger partial charge in [0.1, 0.15) is 17.7 Å². The van der Waals surface area contributed by atoms with Gasteiger partial charge < -0.3 is 4.74 Å². The van der Waals surface area contributed by atoms with E-state index >= 15 is 0 Å². The predicted molar refractivity (Wildman–Crippen MR) is 114 cm³/mol. The number of anilines is 2. The van der Waals surface area contributed by atoms with Crippen LogP contribution in [0.1, 0.15) is 17.8 Å². The zero-order valence-corrected chi connectivity index (χ0v) is 17.1. The lowest BCUT2D eigenvalue weighted by molar-refractivity contribution is -0.126. The molecule has 3 heterocycles. The Hall–Kier alpha value is -3.16. The van der Waals surface area contributed by atoms with Crippen molar-refractivity contribution in [1.29, 1.82) is 0 Å². The Morgan fingerprint density at radius 1 is 0.933 bits per heavy atom. The van der Waals surface area contributed by atoms with Crippen LogP contribution in [-0.4, -0.2) is 24.5 Å². The van der Waals surface area contributed by atoms with Crippen molar-refractivity contribution in [1.82, 2.24) is 0 Å². The number of carbonyl (C=O) groups excluding carboxylic acids is 2. The van der Waals surface area contributed by atoms with Crippen molar-refractivity contribution in [2.24, 2.45) is 5.92 Å². The molecule has 0 radical (unpaired) electrons. The van der Waals surface area contributed by atoms with Crippen molar-refractivity contribution >= 4 is 34.5 Å². The first kappa shape index (κ1) is 18.8. The number of amides is 2. The number of hydrogen-bond acceptors (Lipinski definition) is 6. The summed E-state index contributed by atoms with van der Waals surface area (Å²) in [7, 11) is 0. The fraction of sp³-hybridized carbons (Fsp3) is 0.217. The molecule has 152 valence electrons. The maximum Gasteiger partial charge on any atom is 0.266 e. The summed E-state index contributed by atoms with van der Waals surface area (Å²) in [4.78, 5) is 35.0. The summed E-state index contributed by atoms with van der Waals surface area (Å²) >= 11 is 1.56. The van der Waals surface area contributed by atoms with E-state index in [1.165, 1.54) is 4.90 Å². The Kier molecular flexibility index (Phi) is 4.77. The average Bonchev–Trinajstić information content (AvgIpc) is 3.48. The lowest BCUT2D eigenvalue weighted by Crippen LogP contribution is -2.37. The lowest BCUT2D eigenvalue weighted by atomic mass is 9.95. The molecule has 0 aliphatic carbocycles. The summed E-state index contributed by atoms with van der Waals surface area (Å²) < 4.78 is 5.46. The van der Waals surface area contributed by atoms with E-state index in [1.54, 1.807) is 40.7 Å². The molecule has 0 bridgehead atoms. The number of imide groups is 1. The molecule has 3 atom stereocenters. The van der Waals surface area contributed by atoms with E-state index in [0.29, 0.717) is 18.0 Å². The Bertz CT molecular complexity index is 1050. The average molecular weight is 420 g/mol. The molecule has 30 heavy (non-hydrogen) atoms. The van der Waals surface area contributed by atoms with Crippen LogP contribution in [0.15, 0.2) is 72.1 Å². The number of para-hydroxylation sites is 1. The van der Waals surface area contributed by atoms with Crippen molar-refractivity contribution in [3.63, 3.8) is 0 Å². The highest BCUT2D eigenvalue weighted by Gasteiger charge is 2.60. The van der Waals surface area contributed by atoms with Crippen molar-refractivity contribution in [3.8, 4) is 5.75 Å². The van der Waals surface area contributed by atoms with E-state index in [9.17, 15) is 9.59 Å². The lowest BCUT2D eigenvalue weighted by Gasteiger charge is -2.27. The van der Waals surface area contributed by atoms with Gasteiger partial charge in [0.2, 0.25) is 5.91 Å². The third-order valence-electron chi connectivity index (χ3n) is 5.37. The van der Waals surface area contributed by atoms with Crippen LogP contribution in [0.4, 0.5) is 11.4 Å². The number of hydroxylamine groups is 1. The highest BCUT2D eigenvalue weighted by Crippen LogP contribution is 2.48. The Morgan fingerprint density at radius 2 is 1.70 bits per heavy atom. The summed E-state index contributed by atoms with van der Waals surface area (Å²) in [6.07, 6.45) is -0.851. The molecule has 0 unspecified atom stereocenters. The third kappa shape index (κ3) is 2.98. The molecular formula is C23H20N2O4S. The molecule has 2 amide bonds. The highest BCUT2D eigenvalue weighted by molar-refractivity contribution is 7.10. The number of ether oxygens (including phenoxy) is 1. The molecule has 7 heteroatoms. The number of thiophene rings is 1. The maximum absolute atomic E-state index is 13.5. The fourth-order valence-electron chi connectivity index (χ4n) is 4.07. The predicted octanol–water partition coefficient (Wildman–Crippen LogP) is 4.20. The first-order chi connectivity index (χ1) is 14.7. The first-order valence-corrected chi connectivity index (χ1v) is 10.7. The van der Waals surface area contributed by atoms with Gasteiger partial charge in [0.05, 0.1) is 18.0 Å². The minimum absolute atomic E-state index is 0.244. The van der Waals surface area contributed by atoms with Gasteiger partial charge in [-0.25, -0.2) is 9.96 Å². The van der Waals surface area contributed by atoms with Crippen LogP contribution in [-0.2, 0) is 14.4 Å². The van der Waals surface area contributed by atoms with Gasteiger partial charge in [0.15, 0.2) is 6.10 Å². The molecule has 3 aromatic rings. The first-order valence-electron chi connectivity index (χ1n) is 9.84. The molecule has 2 aliphatic heterocycles. The number of rotatable bonds is 5. The third-order valence-corrected chi connectivity index (χ3v) is 6.31. The van der Waals surface area contributed by atoms with E-state index in [2.05, 4.69) is 0 Å². The van der Waals surface area contributed by atoms with E-state index in [1.807, 2.05) is 54.8 Å². The second kappa shape index (κ2) is 7.59. The van der Waals surface area contributed by atoms with Crippen LogP contribution in [0.2, 0.25) is 0 Å². The van der Waals surface area contributed by atoms with Crippen molar-refractivity contribution in [2.45, 2.75) is 19.1 Å². The minimum atomic E-state index is -0.851. The van der Waals surface area contributed by atoms with Crippen molar-refractivity contribution in [3.05, 3.63) is 77.0 Å². The number of fused-ring (bicyclic) bond motifs is 1. The molecule has 1 aromatic heterocycles. The summed E-state index contributed by atoms with van der Waals surface area (Å²) in [6.45, 7) is 2.46. The topological polar surface area (TPSA) is 59.1 Å². The molecule has 0 spiro atoms. The van der Waals surface area contributed by atoms with E-state index in [4.69, 9.17) is 9.57 Å². The van der Waals surface area contributed by atoms with Gasteiger partial charge in [-0.15, -0.1) is 11.3 Å². The van der Waals surface area contributed by atoms with Gasteiger partial charge in [0.25, 0.3) is 5.91 Å². The molecule has 5 rings (SSSR count). The second-order valence-corrected chi connectivity index (χ2v) is 8.09. The van der Waals surface area contributed by atoms with Crippen LogP contribution in [0, 0.1) is 5.92 Å². The van der Waals surface area contributed by atoms with Gasteiger partial charge in [-0.2, -0.15) is 0 Å². The van der Waals surface area contributed by atoms with E-state index < -0.39 is 12.0 Å². The SMILES string of the molecule is CCOc1ccc(N2C(=O)[C@@H]3[C@@H](c4cccs4)N(c4ccccc4)O[C@H]3C2=O)cc1. The molecule has 2 aromatic carbocycles. The highest BCUT2D eigenvalue weighted by atomic mass is 32.1. The van der Waals surface area contributed by atoms with Crippen LogP contribution >= 0.6 is 11.3 Å². The van der Waals surface area contributed by atoms with Gasteiger partial charge in [-0.3, -0.25) is 14.4 Å². The minimum Gasteiger partial charge on any atom is -0.494 e. The Labute approximate surface area is 178 Å². The van der Waals surface area contributed by atoms with Crippen molar-refractivity contribution in [2.75, 3.05) is 16.6 Å². The summed E-state index contributed by atoms with van der Waals surface area (Å²) in [6, 6.07) is 20.1. The second-order valence-electron chi connectivity index (χ2n) is 7.11. The van der Waals surface area contributed by atoms with Crippen LogP contribution < -0.4 is 14.7 Å². The summed E-state index contributed by atoms with van der Waals surface area (Å²) in [5.74, 6) is -0.494. The monoisotopic (exact) mass is 420 g/mol. The standard InChI is InChI=1S/C23H20N2O4S/c1-2-28-17-12-10-15(11-13-17)24-22(26)19-20(18-9-6-14-30-18)25(29-21(19)23(24)27)16-7-4-3-5-8-16/h3-14,19-21H,2H2,1H3/t19-,20-,21-/m1/s1. The number of nitrogens with zero attached hydrogens (tertiary/aromatic N) is 2.